The maximum absolute atomic E-state index is 11.8. The minimum atomic E-state index is -0.487. The van der Waals surface area contributed by atoms with Crippen molar-refractivity contribution in [2.24, 2.45) is 0 Å². The number of nitrogens with one attached hydrogen (secondary N) is 2. The monoisotopic (exact) mass is 393 g/mol. The second-order valence-corrected chi connectivity index (χ2v) is 6.35. The number of ether oxygens (including phenoxy) is 2. The number of fused-ring (bicyclic) bond motifs is 1. The summed E-state index contributed by atoms with van der Waals surface area (Å²) in [5, 5.41) is 17.9. The van der Waals surface area contributed by atoms with E-state index in [4.69, 9.17) is 9.47 Å². The molecule has 0 fully saturated rings. The molecule has 1 aromatic heterocycles. The number of para-hydroxylation sites is 1. The van der Waals surface area contributed by atoms with Crippen LogP contribution in [-0.2, 0) is 13.0 Å². The Balaban J connectivity index is 1.59. The highest BCUT2D eigenvalue weighted by Crippen LogP contribution is 2.34. The summed E-state index contributed by atoms with van der Waals surface area (Å²) in [5.41, 5.74) is 2.49. The standard InChI is InChI=1S/C20H19N5O4/c1-2-14-5-3-4-6-15(14)24-20-18(25(26)27)19(22-11-23-20)21-10-13-7-8-16-17(9-13)29-12-28-16/h3-9,11H,2,10,12H2,1H3,(H2,21,22,23,24). The summed E-state index contributed by atoms with van der Waals surface area (Å²) in [7, 11) is 0. The van der Waals surface area contributed by atoms with E-state index >= 15 is 0 Å². The molecule has 0 amide bonds. The van der Waals surface area contributed by atoms with Crippen molar-refractivity contribution < 1.29 is 14.4 Å². The zero-order valence-corrected chi connectivity index (χ0v) is 15.7. The Labute approximate surface area is 166 Å². The number of rotatable bonds is 7. The first kappa shape index (κ1) is 18.5. The van der Waals surface area contributed by atoms with Crippen LogP contribution in [0.1, 0.15) is 18.1 Å². The number of anilines is 3. The first-order valence-electron chi connectivity index (χ1n) is 9.12. The van der Waals surface area contributed by atoms with Crippen LogP contribution in [0.2, 0.25) is 0 Å². The summed E-state index contributed by atoms with van der Waals surface area (Å²) >= 11 is 0. The van der Waals surface area contributed by atoms with E-state index in [1.54, 1.807) is 0 Å². The van der Waals surface area contributed by atoms with Gasteiger partial charge >= 0.3 is 5.69 Å². The van der Waals surface area contributed by atoms with Crippen molar-refractivity contribution in [2.45, 2.75) is 19.9 Å². The van der Waals surface area contributed by atoms with Crippen LogP contribution in [0.4, 0.5) is 23.0 Å². The van der Waals surface area contributed by atoms with E-state index in [0.717, 1.165) is 23.2 Å². The van der Waals surface area contributed by atoms with Crippen molar-refractivity contribution in [3.05, 3.63) is 70.0 Å². The van der Waals surface area contributed by atoms with Crippen LogP contribution in [0.15, 0.2) is 48.8 Å². The Morgan fingerprint density at radius 2 is 1.90 bits per heavy atom. The zero-order valence-electron chi connectivity index (χ0n) is 15.7. The van der Waals surface area contributed by atoms with Crippen LogP contribution in [0, 0.1) is 10.1 Å². The molecule has 0 unspecified atom stereocenters. The molecule has 2 heterocycles. The fourth-order valence-electron chi connectivity index (χ4n) is 3.09. The van der Waals surface area contributed by atoms with Gasteiger partial charge in [-0.2, -0.15) is 0 Å². The molecular weight excluding hydrogens is 374 g/mol. The minimum absolute atomic E-state index is 0.138. The zero-order chi connectivity index (χ0) is 20.2. The van der Waals surface area contributed by atoms with Gasteiger partial charge in [0.2, 0.25) is 18.4 Å². The third-order valence-corrected chi connectivity index (χ3v) is 4.55. The molecule has 0 bridgehead atoms. The van der Waals surface area contributed by atoms with Gasteiger partial charge in [-0.25, -0.2) is 9.97 Å². The van der Waals surface area contributed by atoms with Gasteiger partial charge in [-0.3, -0.25) is 10.1 Å². The molecule has 3 aromatic rings. The average molecular weight is 393 g/mol. The van der Waals surface area contributed by atoms with E-state index in [2.05, 4.69) is 20.6 Å². The Kier molecular flexibility index (Phi) is 5.10. The maximum atomic E-state index is 11.8. The minimum Gasteiger partial charge on any atom is -0.454 e. The van der Waals surface area contributed by atoms with Crippen molar-refractivity contribution >= 4 is 23.0 Å². The predicted molar refractivity (Wildman–Crippen MR) is 108 cm³/mol. The Bertz CT molecular complexity index is 1060. The average Bonchev–Trinajstić information content (AvgIpc) is 3.20. The van der Waals surface area contributed by atoms with Gasteiger partial charge in [0, 0.05) is 12.2 Å². The number of aryl methyl sites for hydroxylation is 1. The number of hydrogen-bond donors (Lipinski definition) is 2. The van der Waals surface area contributed by atoms with E-state index in [1.165, 1.54) is 6.33 Å². The summed E-state index contributed by atoms with van der Waals surface area (Å²) in [6.07, 6.45) is 2.09. The summed E-state index contributed by atoms with van der Waals surface area (Å²) in [5.74, 6) is 1.61. The Morgan fingerprint density at radius 1 is 1.10 bits per heavy atom. The lowest BCUT2D eigenvalue weighted by molar-refractivity contribution is -0.383. The lowest BCUT2D eigenvalue weighted by atomic mass is 10.1. The molecule has 9 nitrogen and oxygen atoms in total. The first-order chi connectivity index (χ1) is 14.2. The molecule has 1 aliphatic heterocycles. The number of aromatic nitrogens is 2. The Hall–Kier alpha value is -3.88. The highest BCUT2D eigenvalue weighted by molar-refractivity contribution is 5.74. The van der Waals surface area contributed by atoms with Gasteiger partial charge in [0.25, 0.3) is 0 Å². The highest BCUT2D eigenvalue weighted by Gasteiger charge is 2.23. The number of hydrogen-bond acceptors (Lipinski definition) is 8. The molecular formula is C20H19N5O4. The summed E-state index contributed by atoms with van der Waals surface area (Å²) in [4.78, 5) is 19.4. The molecule has 2 N–H and O–H groups in total. The molecule has 4 rings (SSSR count). The third-order valence-electron chi connectivity index (χ3n) is 4.55. The van der Waals surface area contributed by atoms with Crippen molar-refractivity contribution in [1.29, 1.82) is 0 Å². The van der Waals surface area contributed by atoms with Gasteiger partial charge in [0.15, 0.2) is 11.5 Å². The largest absolute Gasteiger partial charge is 0.454 e. The molecule has 9 heteroatoms. The van der Waals surface area contributed by atoms with Gasteiger partial charge in [-0.1, -0.05) is 31.2 Å². The Morgan fingerprint density at radius 3 is 2.72 bits per heavy atom. The van der Waals surface area contributed by atoms with Crippen LogP contribution in [0.5, 0.6) is 11.5 Å². The van der Waals surface area contributed by atoms with Gasteiger partial charge in [0.05, 0.1) is 4.92 Å². The molecule has 2 aromatic carbocycles. The normalized spacial score (nSPS) is 11.9. The van der Waals surface area contributed by atoms with Crippen LogP contribution in [0.3, 0.4) is 0 Å². The van der Waals surface area contributed by atoms with Crippen LogP contribution >= 0.6 is 0 Å². The van der Waals surface area contributed by atoms with Crippen LogP contribution < -0.4 is 20.1 Å². The molecule has 0 spiro atoms. The van der Waals surface area contributed by atoms with E-state index in [1.807, 2.05) is 49.4 Å². The molecule has 1 aliphatic rings. The maximum Gasteiger partial charge on any atom is 0.353 e. The molecule has 148 valence electrons. The van der Waals surface area contributed by atoms with E-state index in [0.29, 0.717) is 18.0 Å². The smallest absolute Gasteiger partial charge is 0.353 e. The van der Waals surface area contributed by atoms with Crippen LogP contribution in [0.25, 0.3) is 0 Å². The second-order valence-electron chi connectivity index (χ2n) is 6.35. The summed E-state index contributed by atoms with van der Waals surface area (Å²) < 4.78 is 10.7. The van der Waals surface area contributed by atoms with E-state index in [-0.39, 0.29) is 24.1 Å². The highest BCUT2D eigenvalue weighted by atomic mass is 16.7. The number of nitro groups is 1. The van der Waals surface area contributed by atoms with Gasteiger partial charge in [-0.15, -0.1) is 0 Å². The number of nitrogens with zero attached hydrogens (tertiary/aromatic N) is 3. The van der Waals surface area contributed by atoms with Crippen molar-refractivity contribution in [2.75, 3.05) is 17.4 Å². The quantitative estimate of drug-likeness (QED) is 0.457. The van der Waals surface area contributed by atoms with E-state index < -0.39 is 4.92 Å². The van der Waals surface area contributed by atoms with Crippen molar-refractivity contribution in [3.63, 3.8) is 0 Å². The lowest BCUT2D eigenvalue weighted by Crippen LogP contribution is -2.08. The van der Waals surface area contributed by atoms with Crippen molar-refractivity contribution in [3.8, 4) is 11.5 Å². The van der Waals surface area contributed by atoms with Crippen LogP contribution in [-0.4, -0.2) is 21.7 Å². The predicted octanol–water partition coefficient (Wildman–Crippen LogP) is 4.03. The molecule has 0 atom stereocenters. The molecule has 0 radical (unpaired) electrons. The first-order valence-corrected chi connectivity index (χ1v) is 9.12. The summed E-state index contributed by atoms with van der Waals surface area (Å²) in [6.45, 7) is 2.55. The van der Waals surface area contributed by atoms with Crippen molar-refractivity contribution in [1.82, 2.24) is 9.97 Å². The van der Waals surface area contributed by atoms with Gasteiger partial charge in [-0.05, 0) is 35.7 Å². The third kappa shape index (κ3) is 3.88. The topological polar surface area (TPSA) is 111 Å². The SMILES string of the molecule is CCc1ccccc1Nc1ncnc(NCc2ccc3c(c2)OCO3)c1[N+](=O)[O-]. The van der Waals surface area contributed by atoms with E-state index in [9.17, 15) is 10.1 Å². The summed E-state index contributed by atoms with van der Waals surface area (Å²) in [6, 6.07) is 13.1. The molecule has 29 heavy (non-hydrogen) atoms. The lowest BCUT2D eigenvalue weighted by Gasteiger charge is -2.12. The molecule has 0 saturated carbocycles. The molecule has 0 aliphatic carbocycles. The molecule has 0 saturated heterocycles. The second kappa shape index (κ2) is 8.01. The number of benzene rings is 2. The fraction of sp³-hybridized carbons (Fsp3) is 0.200. The van der Waals surface area contributed by atoms with Gasteiger partial charge in [0.1, 0.15) is 6.33 Å². The fourth-order valence-corrected chi connectivity index (χ4v) is 3.09. The van der Waals surface area contributed by atoms with Gasteiger partial charge < -0.3 is 20.1 Å².